The van der Waals surface area contributed by atoms with Crippen LogP contribution in [0.15, 0.2) is 18.5 Å². The summed E-state index contributed by atoms with van der Waals surface area (Å²) < 4.78 is 0. The van der Waals surface area contributed by atoms with Crippen LogP contribution in [0.4, 0.5) is 0 Å². The van der Waals surface area contributed by atoms with Crippen molar-refractivity contribution in [1.82, 2.24) is 20.3 Å². The summed E-state index contributed by atoms with van der Waals surface area (Å²) in [4.78, 5) is 11.8. The van der Waals surface area contributed by atoms with Gasteiger partial charge in [-0.15, -0.1) is 0 Å². The molecule has 0 aromatic carbocycles. The first-order chi connectivity index (χ1) is 6.81. The monoisotopic (exact) mass is 190 g/mol. The summed E-state index contributed by atoms with van der Waals surface area (Å²) in [5, 5.41) is 3.31. The second-order valence-corrected chi connectivity index (χ2v) is 3.29. The smallest absolute Gasteiger partial charge is 0.124 e. The summed E-state index contributed by atoms with van der Waals surface area (Å²) >= 11 is 0. The first-order valence-electron chi connectivity index (χ1n) is 4.84. The number of hydrogen-bond donors (Lipinski definition) is 2. The molecule has 0 saturated carbocycles. The van der Waals surface area contributed by atoms with Gasteiger partial charge < -0.3 is 10.3 Å². The maximum absolute atomic E-state index is 4.47. The van der Waals surface area contributed by atoms with Crippen LogP contribution < -0.4 is 5.32 Å². The maximum atomic E-state index is 4.47. The highest BCUT2D eigenvalue weighted by Gasteiger charge is 2.08. The van der Waals surface area contributed by atoms with Gasteiger partial charge in [0.05, 0.1) is 23.3 Å². The molecule has 0 radical (unpaired) electrons. The minimum atomic E-state index is 0.257. The summed E-state index contributed by atoms with van der Waals surface area (Å²) in [6, 6.07) is 2.17. The molecule has 2 aromatic heterocycles. The molecule has 0 aliphatic rings. The van der Waals surface area contributed by atoms with E-state index in [1.807, 2.05) is 6.07 Å². The number of nitrogens with one attached hydrogen (secondary N) is 2. The average Bonchev–Trinajstić information content (AvgIpc) is 2.61. The number of H-pyrrole nitrogens is 1. The number of nitrogens with zero attached hydrogens (tertiary/aromatic N) is 2. The number of aromatic nitrogens is 3. The molecule has 1 atom stereocenters. The first-order valence-corrected chi connectivity index (χ1v) is 4.84. The Morgan fingerprint density at radius 2 is 2.43 bits per heavy atom. The number of fused-ring (bicyclic) bond motifs is 1. The third-order valence-corrected chi connectivity index (χ3v) is 2.22. The van der Waals surface area contributed by atoms with Gasteiger partial charge in [-0.1, -0.05) is 6.92 Å². The van der Waals surface area contributed by atoms with Crippen LogP contribution in [0.25, 0.3) is 11.0 Å². The predicted octanol–water partition coefficient (Wildman–Crippen LogP) is 1.63. The SMILES string of the molecule is CCNC(C)c1nc2ccncc2[nH]1. The minimum absolute atomic E-state index is 0.257. The van der Waals surface area contributed by atoms with Crippen molar-refractivity contribution in [2.24, 2.45) is 0 Å². The van der Waals surface area contributed by atoms with Crippen LogP contribution >= 0.6 is 0 Å². The Morgan fingerprint density at radius 3 is 3.14 bits per heavy atom. The van der Waals surface area contributed by atoms with Gasteiger partial charge in [-0.3, -0.25) is 4.98 Å². The molecule has 0 spiro atoms. The molecular weight excluding hydrogens is 176 g/mol. The Morgan fingerprint density at radius 1 is 1.57 bits per heavy atom. The molecule has 0 aliphatic carbocycles. The second-order valence-electron chi connectivity index (χ2n) is 3.29. The highest BCUT2D eigenvalue weighted by Crippen LogP contribution is 2.13. The van der Waals surface area contributed by atoms with E-state index in [4.69, 9.17) is 0 Å². The van der Waals surface area contributed by atoms with E-state index in [1.165, 1.54) is 0 Å². The number of aromatic amines is 1. The Hall–Kier alpha value is -1.42. The lowest BCUT2D eigenvalue weighted by atomic mass is 10.3. The van der Waals surface area contributed by atoms with E-state index in [2.05, 4.69) is 34.1 Å². The molecule has 2 aromatic rings. The first kappa shape index (κ1) is 9.15. The van der Waals surface area contributed by atoms with Crippen LogP contribution in [-0.4, -0.2) is 21.5 Å². The number of hydrogen-bond acceptors (Lipinski definition) is 3. The molecule has 2 rings (SSSR count). The van der Waals surface area contributed by atoms with Crippen molar-refractivity contribution >= 4 is 11.0 Å². The van der Waals surface area contributed by atoms with Gasteiger partial charge in [-0.2, -0.15) is 0 Å². The van der Waals surface area contributed by atoms with Gasteiger partial charge in [0.1, 0.15) is 5.82 Å². The Balaban J connectivity index is 2.35. The fourth-order valence-corrected chi connectivity index (χ4v) is 1.48. The van der Waals surface area contributed by atoms with Gasteiger partial charge in [0.2, 0.25) is 0 Å². The summed E-state index contributed by atoms with van der Waals surface area (Å²) in [5.74, 6) is 0.967. The van der Waals surface area contributed by atoms with Gasteiger partial charge in [0.25, 0.3) is 0 Å². The van der Waals surface area contributed by atoms with Crippen molar-refractivity contribution in [3.05, 3.63) is 24.3 Å². The third-order valence-electron chi connectivity index (χ3n) is 2.22. The molecule has 2 heterocycles. The summed E-state index contributed by atoms with van der Waals surface area (Å²) in [6.45, 7) is 5.12. The van der Waals surface area contributed by atoms with Crippen molar-refractivity contribution in [3.8, 4) is 0 Å². The van der Waals surface area contributed by atoms with E-state index in [1.54, 1.807) is 12.4 Å². The van der Waals surface area contributed by atoms with Crippen molar-refractivity contribution in [2.75, 3.05) is 6.54 Å². The highest BCUT2D eigenvalue weighted by atomic mass is 15.0. The molecule has 0 amide bonds. The molecule has 2 N–H and O–H groups in total. The van der Waals surface area contributed by atoms with Crippen LogP contribution in [0.2, 0.25) is 0 Å². The van der Waals surface area contributed by atoms with Crippen LogP contribution in [0.5, 0.6) is 0 Å². The lowest BCUT2D eigenvalue weighted by Crippen LogP contribution is -2.18. The molecule has 0 bridgehead atoms. The molecule has 1 unspecified atom stereocenters. The van der Waals surface area contributed by atoms with E-state index in [0.717, 1.165) is 23.4 Å². The van der Waals surface area contributed by atoms with Crippen molar-refractivity contribution < 1.29 is 0 Å². The van der Waals surface area contributed by atoms with Crippen LogP contribution in [-0.2, 0) is 0 Å². The predicted molar refractivity (Wildman–Crippen MR) is 56.0 cm³/mol. The van der Waals surface area contributed by atoms with Crippen LogP contribution in [0, 0.1) is 0 Å². The maximum Gasteiger partial charge on any atom is 0.124 e. The summed E-state index contributed by atoms with van der Waals surface area (Å²) in [5.41, 5.74) is 1.96. The molecule has 0 saturated heterocycles. The van der Waals surface area contributed by atoms with Gasteiger partial charge in [0, 0.05) is 6.20 Å². The lowest BCUT2D eigenvalue weighted by Gasteiger charge is -2.07. The zero-order chi connectivity index (χ0) is 9.97. The molecule has 0 aliphatic heterocycles. The quantitative estimate of drug-likeness (QED) is 0.773. The third kappa shape index (κ3) is 1.61. The van der Waals surface area contributed by atoms with E-state index >= 15 is 0 Å². The average molecular weight is 190 g/mol. The van der Waals surface area contributed by atoms with Crippen molar-refractivity contribution in [3.63, 3.8) is 0 Å². The standard InChI is InChI=1S/C10H14N4/c1-3-12-7(2)10-13-8-4-5-11-6-9(8)14-10/h4-7,12H,3H2,1-2H3,(H,13,14). The second kappa shape index (κ2) is 3.75. The van der Waals surface area contributed by atoms with Crippen LogP contribution in [0.1, 0.15) is 25.7 Å². The van der Waals surface area contributed by atoms with E-state index in [-0.39, 0.29) is 6.04 Å². The summed E-state index contributed by atoms with van der Waals surface area (Å²) in [6.07, 6.45) is 3.55. The Labute approximate surface area is 82.8 Å². The zero-order valence-electron chi connectivity index (χ0n) is 8.41. The molecule has 74 valence electrons. The van der Waals surface area contributed by atoms with Gasteiger partial charge in [0.15, 0.2) is 0 Å². The molecule has 14 heavy (non-hydrogen) atoms. The van der Waals surface area contributed by atoms with Gasteiger partial charge in [-0.05, 0) is 19.5 Å². The number of imidazole rings is 1. The highest BCUT2D eigenvalue weighted by molar-refractivity contribution is 5.73. The normalized spacial score (nSPS) is 13.3. The van der Waals surface area contributed by atoms with Crippen LogP contribution in [0.3, 0.4) is 0 Å². The van der Waals surface area contributed by atoms with E-state index in [9.17, 15) is 0 Å². The number of pyridine rings is 1. The van der Waals surface area contributed by atoms with E-state index < -0.39 is 0 Å². The molecule has 4 nitrogen and oxygen atoms in total. The fourth-order valence-electron chi connectivity index (χ4n) is 1.48. The summed E-state index contributed by atoms with van der Waals surface area (Å²) in [7, 11) is 0. The van der Waals surface area contributed by atoms with Crippen molar-refractivity contribution in [2.45, 2.75) is 19.9 Å². The van der Waals surface area contributed by atoms with Gasteiger partial charge in [-0.25, -0.2) is 4.98 Å². The van der Waals surface area contributed by atoms with Crippen molar-refractivity contribution in [1.29, 1.82) is 0 Å². The molecule has 4 heteroatoms. The lowest BCUT2D eigenvalue weighted by molar-refractivity contribution is 0.573. The van der Waals surface area contributed by atoms with E-state index in [0.29, 0.717) is 0 Å². The number of rotatable bonds is 3. The Bertz CT molecular complexity index is 388. The fraction of sp³-hybridized carbons (Fsp3) is 0.400. The largest absolute Gasteiger partial charge is 0.339 e. The van der Waals surface area contributed by atoms with Gasteiger partial charge >= 0.3 is 0 Å². The molecule has 0 fully saturated rings. The minimum Gasteiger partial charge on any atom is -0.339 e. The topological polar surface area (TPSA) is 53.6 Å². The zero-order valence-corrected chi connectivity index (χ0v) is 8.41. The molecular formula is C10H14N4. The Kier molecular flexibility index (Phi) is 2.45.